The maximum Gasteiger partial charge on any atom is 0.245 e. The number of aryl methyl sites for hydroxylation is 2. The molecule has 1 heterocycles. The number of rotatable bonds is 8. The molecule has 1 fully saturated rings. The summed E-state index contributed by atoms with van der Waals surface area (Å²) in [6, 6.07) is 6.41. The van der Waals surface area contributed by atoms with Crippen LogP contribution in [0.1, 0.15) is 57.6 Å². The number of para-hydroxylation sites is 1. The molecule has 1 aliphatic rings. The molecule has 1 unspecified atom stereocenters. The summed E-state index contributed by atoms with van der Waals surface area (Å²) >= 11 is 10.5. The Hall–Kier alpha value is -0.320. The Morgan fingerprint density at radius 2 is 1.73 bits per heavy atom. The van der Waals surface area contributed by atoms with Gasteiger partial charge >= 0.3 is 0 Å². The molecule has 0 spiro atoms. The fourth-order valence-electron chi connectivity index (χ4n) is 3.32. The van der Waals surface area contributed by atoms with Gasteiger partial charge in [-0.2, -0.15) is 0 Å². The first-order chi connectivity index (χ1) is 12.6. The molecule has 2 rings (SSSR count). The van der Waals surface area contributed by atoms with Crippen LogP contribution in [0.4, 0.5) is 5.69 Å². The van der Waals surface area contributed by atoms with Gasteiger partial charge in [-0.15, -0.1) is 35.1 Å². The van der Waals surface area contributed by atoms with Gasteiger partial charge in [0.1, 0.15) is 5.38 Å². The lowest BCUT2D eigenvalue weighted by Gasteiger charge is -2.30. The molecule has 146 valence electrons. The van der Waals surface area contributed by atoms with Crippen molar-refractivity contribution in [2.24, 2.45) is 0 Å². The number of amides is 1. The second-order valence-corrected chi connectivity index (χ2v) is 10.1. The second-order valence-electron chi connectivity index (χ2n) is 6.66. The number of carbonyl (C=O) groups is 1. The average Bonchev–Trinajstić information content (AvgIpc) is 2.96. The van der Waals surface area contributed by atoms with Crippen LogP contribution in [0.3, 0.4) is 0 Å². The molecule has 1 saturated heterocycles. The Kier molecular flexibility index (Phi) is 9.73. The zero-order chi connectivity index (χ0) is 18.9. The highest BCUT2D eigenvalue weighted by atomic mass is 35.5. The Morgan fingerprint density at radius 1 is 1.15 bits per heavy atom. The first-order valence-corrected chi connectivity index (χ1v) is 12.4. The van der Waals surface area contributed by atoms with Crippen LogP contribution >= 0.6 is 35.1 Å². The molecular weight excluding hydrogens is 382 g/mol. The van der Waals surface area contributed by atoms with E-state index in [9.17, 15) is 4.79 Å². The molecule has 0 radical (unpaired) electrons. The van der Waals surface area contributed by atoms with Crippen LogP contribution in [0.5, 0.6) is 0 Å². The van der Waals surface area contributed by atoms with Gasteiger partial charge in [0.2, 0.25) is 5.91 Å². The van der Waals surface area contributed by atoms with E-state index in [-0.39, 0.29) is 5.91 Å². The number of anilines is 1. The lowest BCUT2D eigenvalue weighted by Crippen LogP contribution is -2.39. The first-order valence-electron chi connectivity index (χ1n) is 9.91. The van der Waals surface area contributed by atoms with Gasteiger partial charge in [-0.05, 0) is 61.2 Å². The molecule has 0 saturated carbocycles. The van der Waals surface area contributed by atoms with E-state index in [2.05, 4.69) is 55.6 Å². The van der Waals surface area contributed by atoms with E-state index in [1.165, 1.54) is 35.5 Å². The third-order valence-corrected chi connectivity index (χ3v) is 8.44. The van der Waals surface area contributed by atoms with E-state index in [1.807, 2.05) is 11.8 Å². The Bertz CT molecular complexity index is 551. The van der Waals surface area contributed by atoms with Crippen molar-refractivity contribution in [3.8, 4) is 0 Å². The van der Waals surface area contributed by atoms with Crippen LogP contribution in [0, 0.1) is 0 Å². The average molecular weight is 414 g/mol. The highest BCUT2D eigenvalue weighted by Gasteiger charge is 2.27. The highest BCUT2D eigenvalue weighted by molar-refractivity contribution is 8.17. The van der Waals surface area contributed by atoms with Gasteiger partial charge in [0.25, 0.3) is 0 Å². The third-order valence-electron chi connectivity index (χ3n) is 4.86. The predicted molar refractivity (Wildman–Crippen MR) is 120 cm³/mol. The van der Waals surface area contributed by atoms with Crippen LogP contribution in [0.2, 0.25) is 0 Å². The molecule has 26 heavy (non-hydrogen) atoms. The van der Waals surface area contributed by atoms with Crippen molar-refractivity contribution in [2.75, 3.05) is 23.0 Å². The maximum absolute atomic E-state index is 13.1. The number of hydrogen-bond acceptors (Lipinski definition) is 3. The molecule has 1 amide bonds. The SMILES string of the molecule is CCc1cccc(CC)c1N(CCC1SCCCCS1)C(=O)C(Cl)CC. The molecule has 1 atom stereocenters. The quantitative estimate of drug-likeness (QED) is 0.477. The van der Waals surface area contributed by atoms with Crippen LogP contribution < -0.4 is 4.90 Å². The number of carbonyl (C=O) groups excluding carboxylic acids is 1. The smallest absolute Gasteiger partial charge is 0.245 e. The monoisotopic (exact) mass is 413 g/mol. The highest BCUT2D eigenvalue weighted by Crippen LogP contribution is 2.34. The zero-order valence-electron chi connectivity index (χ0n) is 16.3. The van der Waals surface area contributed by atoms with E-state index in [4.69, 9.17) is 11.6 Å². The second kappa shape index (κ2) is 11.5. The van der Waals surface area contributed by atoms with E-state index >= 15 is 0 Å². The Balaban J connectivity index is 2.28. The lowest BCUT2D eigenvalue weighted by atomic mass is 10.0. The summed E-state index contributed by atoms with van der Waals surface area (Å²) in [6.45, 7) is 7.07. The summed E-state index contributed by atoms with van der Waals surface area (Å²) in [5, 5.41) is -0.445. The molecule has 5 heteroatoms. The van der Waals surface area contributed by atoms with Gasteiger partial charge < -0.3 is 4.90 Å². The molecule has 1 aliphatic heterocycles. The summed E-state index contributed by atoms with van der Waals surface area (Å²) in [4.78, 5) is 15.1. The zero-order valence-corrected chi connectivity index (χ0v) is 18.7. The normalized spacial score (nSPS) is 16.9. The molecule has 0 bridgehead atoms. The van der Waals surface area contributed by atoms with Crippen molar-refractivity contribution in [1.29, 1.82) is 0 Å². The van der Waals surface area contributed by atoms with Crippen LogP contribution in [0.25, 0.3) is 0 Å². The van der Waals surface area contributed by atoms with Crippen LogP contribution in [0.15, 0.2) is 18.2 Å². The Morgan fingerprint density at radius 3 is 2.23 bits per heavy atom. The number of nitrogens with zero attached hydrogens (tertiary/aromatic N) is 1. The first kappa shape index (κ1) is 22.0. The van der Waals surface area contributed by atoms with E-state index < -0.39 is 5.38 Å². The number of benzene rings is 1. The van der Waals surface area contributed by atoms with Crippen molar-refractivity contribution < 1.29 is 4.79 Å². The molecule has 0 aliphatic carbocycles. The summed E-state index contributed by atoms with van der Waals surface area (Å²) in [7, 11) is 0. The van der Waals surface area contributed by atoms with Gasteiger partial charge in [0.15, 0.2) is 0 Å². The number of thioether (sulfide) groups is 2. The van der Waals surface area contributed by atoms with Gasteiger partial charge in [0.05, 0.1) is 10.3 Å². The molecule has 1 aromatic carbocycles. The van der Waals surface area contributed by atoms with Crippen molar-refractivity contribution in [3.05, 3.63) is 29.3 Å². The molecule has 0 aromatic heterocycles. The summed E-state index contributed by atoms with van der Waals surface area (Å²) < 4.78 is 0.585. The van der Waals surface area contributed by atoms with Gasteiger partial charge in [-0.1, -0.05) is 39.0 Å². The molecule has 2 nitrogen and oxygen atoms in total. The van der Waals surface area contributed by atoms with Gasteiger partial charge in [-0.25, -0.2) is 0 Å². The van der Waals surface area contributed by atoms with Crippen molar-refractivity contribution in [1.82, 2.24) is 0 Å². The minimum Gasteiger partial charge on any atom is -0.311 e. The third kappa shape index (κ3) is 5.84. The predicted octanol–water partition coefficient (Wildman–Crippen LogP) is 6.14. The van der Waals surface area contributed by atoms with Crippen LogP contribution in [-0.2, 0) is 17.6 Å². The van der Waals surface area contributed by atoms with Gasteiger partial charge in [-0.3, -0.25) is 4.79 Å². The number of halogens is 1. The van der Waals surface area contributed by atoms with E-state index in [1.54, 1.807) is 0 Å². The summed E-state index contributed by atoms with van der Waals surface area (Å²) in [5.41, 5.74) is 3.61. The lowest BCUT2D eigenvalue weighted by molar-refractivity contribution is -0.118. The van der Waals surface area contributed by atoms with Crippen LogP contribution in [-0.4, -0.2) is 33.9 Å². The topological polar surface area (TPSA) is 20.3 Å². The molecular formula is C21H32ClNOS2. The molecule has 0 N–H and O–H groups in total. The summed E-state index contributed by atoms with van der Waals surface area (Å²) in [5.74, 6) is 2.54. The number of alkyl halides is 1. The van der Waals surface area contributed by atoms with Crippen molar-refractivity contribution in [2.45, 2.75) is 69.3 Å². The largest absolute Gasteiger partial charge is 0.311 e. The fraction of sp³-hybridized carbons (Fsp3) is 0.667. The minimum atomic E-state index is -0.445. The Labute approximate surface area is 172 Å². The number of hydrogen-bond donors (Lipinski definition) is 0. The standard InChI is InChI=1S/C21H32ClNOS2/c1-4-16-10-9-11-17(5-2)20(16)23(21(24)18(22)6-3)13-12-19-25-14-7-8-15-26-19/h9-11,18-19H,4-8,12-15H2,1-3H3. The van der Waals surface area contributed by atoms with E-state index in [0.29, 0.717) is 11.0 Å². The van der Waals surface area contributed by atoms with Crippen molar-refractivity contribution in [3.63, 3.8) is 0 Å². The fourth-order valence-corrected chi connectivity index (χ4v) is 6.21. The van der Waals surface area contributed by atoms with Crippen molar-refractivity contribution >= 4 is 46.7 Å². The minimum absolute atomic E-state index is 0.0633. The van der Waals surface area contributed by atoms with Gasteiger partial charge in [0, 0.05) is 6.54 Å². The van der Waals surface area contributed by atoms with E-state index in [0.717, 1.165) is 31.5 Å². The summed E-state index contributed by atoms with van der Waals surface area (Å²) in [6.07, 6.45) is 6.18. The molecule has 1 aromatic rings. The maximum atomic E-state index is 13.1.